The van der Waals surface area contributed by atoms with E-state index in [-0.39, 0.29) is 12.2 Å². The van der Waals surface area contributed by atoms with Gasteiger partial charge in [-0.3, -0.25) is 4.79 Å². The van der Waals surface area contributed by atoms with Gasteiger partial charge in [-0.2, -0.15) is 0 Å². The Hall–Kier alpha value is -2.36. The van der Waals surface area contributed by atoms with Gasteiger partial charge in [-0.1, -0.05) is 17.7 Å². The predicted molar refractivity (Wildman–Crippen MR) is 74.5 cm³/mol. The number of carboxylic acids is 1. The Balaban J connectivity index is 2.57. The van der Waals surface area contributed by atoms with Crippen molar-refractivity contribution >= 4 is 5.97 Å². The Kier molecular flexibility index (Phi) is 4.03. The Morgan fingerprint density at radius 3 is 2.60 bits per heavy atom. The van der Waals surface area contributed by atoms with Crippen LogP contribution < -0.4 is 4.74 Å². The van der Waals surface area contributed by atoms with Gasteiger partial charge in [-0.25, -0.2) is 4.39 Å². The molecule has 0 atom stereocenters. The minimum atomic E-state index is -0.925. The molecule has 1 N–H and O–H groups in total. The lowest BCUT2D eigenvalue weighted by atomic mass is 9.98. The summed E-state index contributed by atoms with van der Waals surface area (Å²) in [6.45, 7) is 1.87. The van der Waals surface area contributed by atoms with Gasteiger partial charge in [-0.05, 0) is 36.8 Å². The van der Waals surface area contributed by atoms with E-state index in [1.54, 1.807) is 30.3 Å². The highest BCUT2D eigenvalue weighted by Gasteiger charge is 2.13. The highest BCUT2D eigenvalue weighted by molar-refractivity contribution is 5.75. The van der Waals surface area contributed by atoms with E-state index in [9.17, 15) is 9.18 Å². The van der Waals surface area contributed by atoms with E-state index in [0.29, 0.717) is 22.4 Å². The van der Waals surface area contributed by atoms with Crippen LogP contribution in [0.4, 0.5) is 4.39 Å². The summed E-state index contributed by atoms with van der Waals surface area (Å²) in [4.78, 5) is 10.8. The normalized spacial score (nSPS) is 10.3. The molecule has 0 unspecified atom stereocenters. The molecule has 2 aromatic carbocycles. The van der Waals surface area contributed by atoms with Crippen LogP contribution >= 0.6 is 0 Å². The Morgan fingerprint density at radius 1 is 1.20 bits per heavy atom. The van der Waals surface area contributed by atoms with Crippen LogP contribution in [0.5, 0.6) is 5.75 Å². The standard InChI is InChI=1S/C16H15FO3/c1-10-3-5-14(17)12(7-10)13-8-11(9-16(18)19)4-6-15(13)20-2/h3-8H,9H2,1-2H3,(H,18,19). The number of rotatable bonds is 4. The van der Waals surface area contributed by atoms with Crippen molar-refractivity contribution < 1.29 is 19.0 Å². The molecule has 0 aliphatic rings. The molecule has 0 aromatic heterocycles. The molecule has 2 rings (SSSR count). The Labute approximate surface area is 116 Å². The highest BCUT2D eigenvalue weighted by Crippen LogP contribution is 2.33. The maximum absolute atomic E-state index is 14.0. The molecule has 0 fully saturated rings. The van der Waals surface area contributed by atoms with Crippen LogP contribution in [0.3, 0.4) is 0 Å². The fourth-order valence-corrected chi connectivity index (χ4v) is 2.10. The van der Waals surface area contributed by atoms with Crippen LogP contribution in [0.25, 0.3) is 11.1 Å². The van der Waals surface area contributed by atoms with Crippen LogP contribution in [0.15, 0.2) is 36.4 Å². The van der Waals surface area contributed by atoms with Crippen molar-refractivity contribution in [3.8, 4) is 16.9 Å². The van der Waals surface area contributed by atoms with E-state index in [0.717, 1.165) is 5.56 Å². The maximum atomic E-state index is 14.0. The van der Waals surface area contributed by atoms with E-state index in [4.69, 9.17) is 9.84 Å². The molecule has 3 nitrogen and oxygen atoms in total. The highest BCUT2D eigenvalue weighted by atomic mass is 19.1. The first kappa shape index (κ1) is 14.1. The molecule has 0 amide bonds. The van der Waals surface area contributed by atoms with Gasteiger partial charge >= 0.3 is 5.97 Å². The van der Waals surface area contributed by atoms with Crippen molar-refractivity contribution in [2.75, 3.05) is 7.11 Å². The zero-order chi connectivity index (χ0) is 14.7. The molecule has 0 radical (unpaired) electrons. The van der Waals surface area contributed by atoms with Crippen LogP contribution in [-0.2, 0) is 11.2 Å². The summed E-state index contributed by atoms with van der Waals surface area (Å²) >= 11 is 0. The van der Waals surface area contributed by atoms with Crippen molar-refractivity contribution in [3.63, 3.8) is 0 Å². The van der Waals surface area contributed by atoms with Crippen molar-refractivity contribution in [2.24, 2.45) is 0 Å². The third-order valence-electron chi connectivity index (χ3n) is 3.03. The maximum Gasteiger partial charge on any atom is 0.307 e. The number of aliphatic carboxylic acids is 1. The molecule has 4 heteroatoms. The van der Waals surface area contributed by atoms with E-state index in [2.05, 4.69) is 0 Å². The molecule has 0 aliphatic heterocycles. The topological polar surface area (TPSA) is 46.5 Å². The second-order valence-corrected chi connectivity index (χ2v) is 4.59. The first-order valence-electron chi connectivity index (χ1n) is 6.16. The van der Waals surface area contributed by atoms with Gasteiger partial charge in [0.1, 0.15) is 11.6 Å². The number of halogens is 1. The minimum absolute atomic E-state index is 0.107. The van der Waals surface area contributed by atoms with Crippen LogP contribution in [-0.4, -0.2) is 18.2 Å². The lowest BCUT2D eigenvalue weighted by Crippen LogP contribution is -2.01. The molecule has 20 heavy (non-hydrogen) atoms. The lowest BCUT2D eigenvalue weighted by molar-refractivity contribution is -0.136. The number of carboxylic acid groups (broad SMARTS) is 1. The van der Waals surface area contributed by atoms with Crippen LogP contribution in [0.1, 0.15) is 11.1 Å². The Morgan fingerprint density at radius 2 is 1.95 bits per heavy atom. The average molecular weight is 274 g/mol. The summed E-state index contributed by atoms with van der Waals surface area (Å²) in [7, 11) is 1.50. The molecule has 0 heterocycles. The summed E-state index contributed by atoms with van der Waals surface area (Å²) in [5.74, 6) is -0.768. The van der Waals surface area contributed by atoms with Crippen molar-refractivity contribution in [1.82, 2.24) is 0 Å². The largest absolute Gasteiger partial charge is 0.496 e. The molecule has 104 valence electrons. The van der Waals surface area contributed by atoms with Crippen LogP contribution in [0.2, 0.25) is 0 Å². The fraction of sp³-hybridized carbons (Fsp3) is 0.188. The molecule has 0 aliphatic carbocycles. The molecule has 2 aromatic rings. The summed E-state index contributed by atoms with van der Waals surface area (Å²) in [5, 5.41) is 8.85. The predicted octanol–water partition coefficient (Wildman–Crippen LogP) is 3.44. The number of hydrogen-bond donors (Lipinski definition) is 1. The number of methoxy groups -OCH3 is 1. The quantitative estimate of drug-likeness (QED) is 0.929. The van der Waals surface area contributed by atoms with E-state index in [1.807, 2.05) is 6.92 Å². The summed E-state index contributed by atoms with van der Waals surface area (Å²) in [5.41, 5.74) is 2.50. The van der Waals surface area contributed by atoms with Gasteiger partial charge in [0, 0.05) is 11.1 Å². The first-order chi connectivity index (χ1) is 9.51. The number of hydrogen-bond acceptors (Lipinski definition) is 2. The molecule has 0 saturated carbocycles. The SMILES string of the molecule is COc1ccc(CC(=O)O)cc1-c1cc(C)ccc1F. The number of aryl methyl sites for hydroxylation is 1. The van der Waals surface area contributed by atoms with E-state index >= 15 is 0 Å². The average Bonchev–Trinajstić information content (AvgIpc) is 2.41. The molecule has 0 bridgehead atoms. The van der Waals surface area contributed by atoms with Gasteiger partial charge in [0.05, 0.1) is 13.5 Å². The minimum Gasteiger partial charge on any atom is -0.496 e. The van der Waals surface area contributed by atoms with Gasteiger partial charge in [0.2, 0.25) is 0 Å². The summed E-state index contributed by atoms with van der Waals surface area (Å²) < 4.78 is 19.2. The molecule has 0 spiro atoms. The first-order valence-corrected chi connectivity index (χ1v) is 6.16. The second-order valence-electron chi connectivity index (χ2n) is 4.59. The third-order valence-corrected chi connectivity index (χ3v) is 3.03. The van der Waals surface area contributed by atoms with E-state index in [1.165, 1.54) is 13.2 Å². The summed E-state index contributed by atoms with van der Waals surface area (Å²) in [6, 6.07) is 9.79. The zero-order valence-corrected chi connectivity index (χ0v) is 11.3. The van der Waals surface area contributed by atoms with Crippen LogP contribution in [0, 0.1) is 12.7 Å². The molecular formula is C16H15FO3. The number of benzene rings is 2. The smallest absolute Gasteiger partial charge is 0.307 e. The zero-order valence-electron chi connectivity index (χ0n) is 11.3. The number of carbonyl (C=O) groups is 1. The van der Waals surface area contributed by atoms with Gasteiger partial charge in [0.15, 0.2) is 0 Å². The van der Waals surface area contributed by atoms with Crippen molar-refractivity contribution in [1.29, 1.82) is 0 Å². The molecule has 0 saturated heterocycles. The van der Waals surface area contributed by atoms with Crippen molar-refractivity contribution in [2.45, 2.75) is 13.3 Å². The third kappa shape index (κ3) is 2.96. The van der Waals surface area contributed by atoms with Crippen molar-refractivity contribution in [3.05, 3.63) is 53.3 Å². The summed E-state index contributed by atoms with van der Waals surface area (Å²) in [6.07, 6.45) is -0.107. The molecular weight excluding hydrogens is 259 g/mol. The van der Waals surface area contributed by atoms with Gasteiger partial charge in [0.25, 0.3) is 0 Å². The second kappa shape index (κ2) is 5.74. The van der Waals surface area contributed by atoms with E-state index < -0.39 is 5.97 Å². The van der Waals surface area contributed by atoms with Gasteiger partial charge < -0.3 is 9.84 Å². The monoisotopic (exact) mass is 274 g/mol. The van der Waals surface area contributed by atoms with Gasteiger partial charge in [-0.15, -0.1) is 0 Å². The Bertz CT molecular complexity index is 650. The number of ether oxygens (including phenoxy) is 1. The lowest BCUT2D eigenvalue weighted by Gasteiger charge is -2.12. The fourth-order valence-electron chi connectivity index (χ4n) is 2.10.